The van der Waals surface area contributed by atoms with Crippen molar-refractivity contribution in [3.63, 3.8) is 0 Å². The van der Waals surface area contributed by atoms with E-state index in [0.717, 1.165) is 18.7 Å². The molecule has 0 aliphatic carbocycles. The molecule has 1 heterocycles. The summed E-state index contributed by atoms with van der Waals surface area (Å²) in [5.74, 6) is 0. The van der Waals surface area contributed by atoms with Gasteiger partial charge in [-0.05, 0) is 50.1 Å². The van der Waals surface area contributed by atoms with Crippen LogP contribution in [0.4, 0.5) is 0 Å². The van der Waals surface area contributed by atoms with Crippen LogP contribution in [0, 0.1) is 13.8 Å². The molecule has 1 aromatic carbocycles. The number of pyridine rings is 1. The van der Waals surface area contributed by atoms with E-state index in [1.54, 1.807) is 0 Å². The minimum absolute atomic E-state index is 0.251. The van der Waals surface area contributed by atoms with Crippen LogP contribution in [0.25, 0.3) is 0 Å². The lowest BCUT2D eigenvalue weighted by Gasteiger charge is -2.20. The van der Waals surface area contributed by atoms with Gasteiger partial charge in [0.05, 0.1) is 6.04 Å². The lowest BCUT2D eigenvalue weighted by atomic mass is 9.97. The number of rotatable bonds is 5. The van der Waals surface area contributed by atoms with Crippen molar-refractivity contribution in [3.05, 3.63) is 65.0 Å². The van der Waals surface area contributed by atoms with Gasteiger partial charge in [-0.1, -0.05) is 36.8 Å². The molecule has 2 nitrogen and oxygen atoms in total. The van der Waals surface area contributed by atoms with Gasteiger partial charge in [0.15, 0.2) is 0 Å². The van der Waals surface area contributed by atoms with Gasteiger partial charge in [0.1, 0.15) is 0 Å². The van der Waals surface area contributed by atoms with Crippen molar-refractivity contribution in [1.29, 1.82) is 0 Å². The number of benzene rings is 1. The molecule has 0 spiro atoms. The summed E-state index contributed by atoms with van der Waals surface area (Å²) in [5.41, 5.74) is 4.96. The highest BCUT2D eigenvalue weighted by Gasteiger charge is 2.13. The van der Waals surface area contributed by atoms with E-state index in [1.807, 2.05) is 13.1 Å². The summed E-state index contributed by atoms with van der Waals surface area (Å²) in [7, 11) is 0. The van der Waals surface area contributed by atoms with Crippen molar-refractivity contribution >= 4 is 0 Å². The zero-order valence-corrected chi connectivity index (χ0v) is 12.0. The van der Waals surface area contributed by atoms with Crippen LogP contribution in [0.3, 0.4) is 0 Å². The highest BCUT2D eigenvalue weighted by atomic mass is 14.9. The highest BCUT2D eigenvalue weighted by Crippen LogP contribution is 2.23. The van der Waals surface area contributed by atoms with E-state index in [0.29, 0.717) is 0 Å². The molecule has 0 aliphatic heterocycles. The fraction of sp³-hybridized carbons (Fsp3) is 0.353. The first-order chi connectivity index (χ1) is 9.20. The minimum Gasteiger partial charge on any atom is -0.306 e. The van der Waals surface area contributed by atoms with E-state index in [1.165, 1.54) is 16.7 Å². The fourth-order valence-corrected chi connectivity index (χ4v) is 2.31. The maximum absolute atomic E-state index is 4.29. The standard InChI is InChI=1S/C17H22N2/c1-4-9-19-17(15-7-5-6-13(2)11-15)16-8-10-18-14(3)12-16/h5-8,10-12,17,19H,4,9H2,1-3H3. The SMILES string of the molecule is CCCNC(c1cccc(C)c1)c1ccnc(C)c1. The van der Waals surface area contributed by atoms with Gasteiger partial charge in [-0.15, -0.1) is 0 Å². The summed E-state index contributed by atoms with van der Waals surface area (Å²) in [5, 5.41) is 3.63. The van der Waals surface area contributed by atoms with Crippen molar-refractivity contribution in [1.82, 2.24) is 10.3 Å². The van der Waals surface area contributed by atoms with E-state index >= 15 is 0 Å². The van der Waals surface area contributed by atoms with Crippen molar-refractivity contribution in [2.75, 3.05) is 6.54 Å². The predicted molar refractivity (Wildman–Crippen MR) is 80.3 cm³/mol. The number of hydrogen-bond acceptors (Lipinski definition) is 2. The average molecular weight is 254 g/mol. The zero-order chi connectivity index (χ0) is 13.7. The summed E-state index contributed by atoms with van der Waals surface area (Å²) >= 11 is 0. The summed E-state index contributed by atoms with van der Waals surface area (Å²) in [4.78, 5) is 4.29. The molecule has 0 bridgehead atoms. The van der Waals surface area contributed by atoms with E-state index in [2.05, 4.69) is 60.5 Å². The molecule has 100 valence electrons. The molecule has 1 unspecified atom stereocenters. The molecule has 0 saturated carbocycles. The molecule has 1 atom stereocenters. The Kier molecular flexibility index (Phi) is 4.69. The molecule has 0 aliphatic rings. The number of nitrogens with one attached hydrogen (secondary N) is 1. The van der Waals surface area contributed by atoms with Gasteiger partial charge in [-0.3, -0.25) is 4.98 Å². The first kappa shape index (κ1) is 13.8. The third kappa shape index (κ3) is 3.65. The summed E-state index contributed by atoms with van der Waals surface area (Å²) in [6.07, 6.45) is 3.02. The van der Waals surface area contributed by atoms with Crippen LogP contribution in [0.5, 0.6) is 0 Å². The van der Waals surface area contributed by atoms with Gasteiger partial charge < -0.3 is 5.32 Å². The van der Waals surface area contributed by atoms with Crippen LogP contribution >= 0.6 is 0 Å². The topological polar surface area (TPSA) is 24.9 Å². The smallest absolute Gasteiger partial charge is 0.0578 e. The van der Waals surface area contributed by atoms with Gasteiger partial charge >= 0.3 is 0 Å². The van der Waals surface area contributed by atoms with Crippen LogP contribution in [0.15, 0.2) is 42.6 Å². The molecule has 0 saturated heterocycles. The van der Waals surface area contributed by atoms with Crippen molar-refractivity contribution in [2.24, 2.45) is 0 Å². The lowest BCUT2D eigenvalue weighted by molar-refractivity contribution is 0.597. The molecule has 0 fully saturated rings. The van der Waals surface area contributed by atoms with Crippen molar-refractivity contribution in [3.8, 4) is 0 Å². The van der Waals surface area contributed by atoms with E-state index in [4.69, 9.17) is 0 Å². The third-order valence-electron chi connectivity index (χ3n) is 3.23. The lowest BCUT2D eigenvalue weighted by Crippen LogP contribution is -2.23. The fourth-order valence-electron chi connectivity index (χ4n) is 2.31. The molecule has 2 heteroatoms. The summed E-state index contributed by atoms with van der Waals surface area (Å²) < 4.78 is 0. The largest absolute Gasteiger partial charge is 0.306 e. The number of aromatic nitrogens is 1. The van der Waals surface area contributed by atoms with Gasteiger partial charge in [0, 0.05) is 11.9 Å². The molecule has 2 rings (SSSR count). The van der Waals surface area contributed by atoms with Crippen LogP contribution < -0.4 is 5.32 Å². The molecular weight excluding hydrogens is 232 g/mol. The average Bonchev–Trinajstić information content (AvgIpc) is 2.39. The van der Waals surface area contributed by atoms with Crippen LogP contribution in [-0.4, -0.2) is 11.5 Å². The second kappa shape index (κ2) is 6.48. The molecule has 2 aromatic rings. The van der Waals surface area contributed by atoms with E-state index in [9.17, 15) is 0 Å². The molecule has 0 amide bonds. The van der Waals surface area contributed by atoms with Crippen molar-refractivity contribution < 1.29 is 0 Å². The van der Waals surface area contributed by atoms with E-state index in [-0.39, 0.29) is 6.04 Å². The maximum Gasteiger partial charge on any atom is 0.0578 e. The van der Waals surface area contributed by atoms with Crippen LogP contribution in [0.1, 0.15) is 41.8 Å². The second-order valence-corrected chi connectivity index (χ2v) is 5.03. The Balaban J connectivity index is 2.35. The predicted octanol–water partition coefficient (Wildman–Crippen LogP) is 3.79. The molecule has 19 heavy (non-hydrogen) atoms. The molecule has 1 N–H and O–H groups in total. The Bertz CT molecular complexity index is 489. The maximum atomic E-state index is 4.29. The Labute approximate surface area is 115 Å². The number of aryl methyl sites for hydroxylation is 2. The molecule has 0 radical (unpaired) electrons. The van der Waals surface area contributed by atoms with Crippen molar-refractivity contribution in [2.45, 2.75) is 33.2 Å². The first-order valence-corrected chi connectivity index (χ1v) is 6.93. The molecular formula is C17H22N2. The normalized spacial score (nSPS) is 12.4. The molecule has 1 aromatic heterocycles. The van der Waals surface area contributed by atoms with Gasteiger partial charge in [0.25, 0.3) is 0 Å². The number of hydrogen-bond donors (Lipinski definition) is 1. The minimum atomic E-state index is 0.251. The Hall–Kier alpha value is -1.67. The number of nitrogens with zero attached hydrogens (tertiary/aromatic N) is 1. The Morgan fingerprint density at radius 1 is 1.11 bits per heavy atom. The van der Waals surface area contributed by atoms with Gasteiger partial charge in [-0.2, -0.15) is 0 Å². The zero-order valence-electron chi connectivity index (χ0n) is 12.0. The van der Waals surface area contributed by atoms with E-state index < -0.39 is 0 Å². The first-order valence-electron chi connectivity index (χ1n) is 6.93. The van der Waals surface area contributed by atoms with Gasteiger partial charge in [-0.25, -0.2) is 0 Å². The third-order valence-corrected chi connectivity index (χ3v) is 3.23. The second-order valence-electron chi connectivity index (χ2n) is 5.03. The van der Waals surface area contributed by atoms with Crippen LogP contribution in [0.2, 0.25) is 0 Å². The summed E-state index contributed by atoms with van der Waals surface area (Å²) in [6, 6.07) is 13.2. The Morgan fingerprint density at radius 2 is 1.89 bits per heavy atom. The summed E-state index contributed by atoms with van der Waals surface area (Å²) in [6.45, 7) is 7.38. The Morgan fingerprint density at radius 3 is 2.58 bits per heavy atom. The monoisotopic (exact) mass is 254 g/mol. The van der Waals surface area contributed by atoms with Crippen LogP contribution in [-0.2, 0) is 0 Å². The quantitative estimate of drug-likeness (QED) is 0.878. The highest BCUT2D eigenvalue weighted by molar-refractivity contribution is 5.34. The van der Waals surface area contributed by atoms with Gasteiger partial charge in [0.2, 0.25) is 0 Å².